The van der Waals surface area contributed by atoms with Crippen molar-refractivity contribution in [3.05, 3.63) is 69.7 Å². The van der Waals surface area contributed by atoms with Gasteiger partial charge in [-0.1, -0.05) is 47.5 Å². The Morgan fingerprint density at radius 3 is 2.22 bits per heavy atom. The topological polar surface area (TPSA) is 49.4 Å². The largest absolute Gasteiger partial charge is 0.352 e. The lowest BCUT2D eigenvalue weighted by Crippen LogP contribution is -2.49. The maximum absolute atomic E-state index is 13.0. The lowest BCUT2D eigenvalue weighted by atomic mass is 10.1. The molecule has 144 valence electrons. The van der Waals surface area contributed by atoms with Crippen LogP contribution in [0.3, 0.4) is 0 Å². The summed E-state index contributed by atoms with van der Waals surface area (Å²) in [7, 11) is 0. The summed E-state index contributed by atoms with van der Waals surface area (Å²) in [4.78, 5) is 27.1. The molecule has 6 heteroatoms. The van der Waals surface area contributed by atoms with Crippen LogP contribution in [0.1, 0.15) is 31.9 Å². The van der Waals surface area contributed by atoms with Crippen molar-refractivity contribution in [2.45, 2.75) is 45.8 Å². The fourth-order valence-electron chi connectivity index (χ4n) is 2.70. The Hall–Kier alpha value is -2.04. The van der Waals surface area contributed by atoms with Crippen LogP contribution in [-0.4, -0.2) is 28.8 Å². The summed E-state index contributed by atoms with van der Waals surface area (Å²) in [6, 6.07) is 13.8. The third-order valence-corrected chi connectivity index (χ3v) is 4.60. The van der Waals surface area contributed by atoms with Gasteiger partial charge < -0.3 is 10.2 Å². The molecule has 2 aromatic carbocycles. The van der Waals surface area contributed by atoms with Crippen LogP contribution in [0, 0.1) is 0 Å². The molecule has 0 saturated carbocycles. The maximum Gasteiger partial charge on any atom is 0.242 e. The van der Waals surface area contributed by atoms with Crippen molar-refractivity contribution >= 4 is 35.0 Å². The van der Waals surface area contributed by atoms with E-state index in [2.05, 4.69) is 5.32 Å². The number of hydrogen-bond acceptors (Lipinski definition) is 2. The van der Waals surface area contributed by atoms with Crippen LogP contribution in [0.2, 0.25) is 10.0 Å². The van der Waals surface area contributed by atoms with Gasteiger partial charge in [0.1, 0.15) is 6.04 Å². The van der Waals surface area contributed by atoms with Crippen molar-refractivity contribution in [1.82, 2.24) is 10.2 Å². The molecule has 0 aliphatic carbocycles. The highest BCUT2D eigenvalue weighted by molar-refractivity contribution is 6.30. The summed E-state index contributed by atoms with van der Waals surface area (Å²) in [5.41, 5.74) is 1.72. The van der Waals surface area contributed by atoms with Crippen LogP contribution in [0.4, 0.5) is 0 Å². The number of amides is 2. The average molecular weight is 407 g/mol. The Morgan fingerprint density at radius 1 is 0.963 bits per heavy atom. The van der Waals surface area contributed by atoms with Gasteiger partial charge in [0.25, 0.3) is 0 Å². The zero-order chi connectivity index (χ0) is 20.0. The molecule has 0 fully saturated rings. The molecule has 0 heterocycles. The molecular weight excluding hydrogens is 383 g/mol. The predicted molar refractivity (Wildman–Crippen MR) is 110 cm³/mol. The van der Waals surface area contributed by atoms with Crippen molar-refractivity contribution in [1.29, 1.82) is 0 Å². The molecule has 0 radical (unpaired) electrons. The maximum atomic E-state index is 13.0. The summed E-state index contributed by atoms with van der Waals surface area (Å²) in [6.07, 6.45) is 0.192. The summed E-state index contributed by atoms with van der Waals surface area (Å²) in [5, 5.41) is 4.08. The molecule has 0 aliphatic rings. The van der Waals surface area contributed by atoms with Gasteiger partial charge in [0.15, 0.2) is 0 Å². The van der Waals surface area contributed by atoms with Crippen molar-refractivity contribution in [3.63, 3.8) is 0 Å². The Kier molecular flexibility index (Phi) is 7.69. The van der Waals surface area contributed by atoms with Crippen LogP contribution in [0.15, 0.2) is 48.5 Å². The van der Waals surface area contributed by atoms with Gasteiger partial charge in [-0.3, -0.25) is 9.59 Å². The van der Waals surface area contributed by atoms with Crippen LogP contribution < -0.4 is 5.32 Å². The Balaban J connectivity index is 2.22. The quantitative estimate of drug-likeness (QED) is 0.736. The second kappa shape index (κ2) is 9.77. The minimum absolute atomic E-state index is 0.000614. The van der Waals surface area contributed by atoms with Crippen LogP contribution in [0.25, 0.3) is 0 Å². The highest BCUT2D eigenvalue weighted by Crippen LogP contribution is 2.17. The summed E-state index contributed by atoms with van der Waals surface area (Å²) < 4.78 is 0. The van der Waals surface area contributed by atoms with Gasteiger partial charge >= 0.3 is 0 Å². The molecule has 0 spiro atoms. The SMILES string of the molecule is CC(C)NC(=O)[C@@H](C)N(Cc1cccc(Cl)c1)C(=O)Cc1ccc(Cl)cc1. The molecule has 1 atom stereocenters. The molecule has 0 saturated heterocycles. The summed E-state index contributed by atoms with van der Waals surface area (Å²) >= 11 is 12.0. The number of hydrogen-bond donors (Lipinski definition) is 1. The molecule has 2 aromatic rings. The van der Waals surface area contributed by atoms with E-state index in [4.69, 9.17) is 23.2 Å². The van der Waals surface area contributed by atoms with E-state index in [1.165, 1.54) is 0 Å². The molecule has 0 unspecified atom stereocenters. The minimum atomic E-state index is -0.605. The van der Waals surface area contributed by atoms with Gasteiger partial charge in [-0.15, -0.1) is 0 Å². The highest BCUT2D eigenvalue weighted by atomic mass is 35.5. The Bertz CT molecular complexity index is 791. The normalized spacial score (nSPS) is 11.9. The number of carbonyl (C=O) groups excluding carboxylic acids is 2. The first-order chi connectivity index (χ1) is 12.8. The first kappa shape index (κ1) is 21.3. The number of nitrogens with zero attached hydrogens (tertiary/aromatic N) is 1. The van der Waals surface area contributed by atoms with Crippen molar-refractivity contribution in [3.8, 4) is 0 Å². The lowest BCUT2D eigenvalue weighted by molar-refractivity contribution is -0.140. The Morgan fingerprint density at radius 2 is 1.63 bits per heavy atom. The number of halogens is 2. The average Bonchev–Trinajstić information content (AvgIpc) is 2.60. The van der Waals surface area contributed by atoms with E-state index < -0.39 is 6.04 Å². The first-order valence-corrected chi connectivity index (χ1v) is 9.60. The second-order valence-corrected chi connectivity index (χ2v) is 7.67. The zero-order valence-electron chi connectivity index (χ0n) is 15.7. The fourth-order valence-corrected chi connectivity index (χ4v) is 3.04. The van der Waals surface area contributed by atoms with E-state index in [-0.39, 0.29) is 24.3 Å². The lowest BCUT2D eigenvalue weighted by Gasteiger charge is -2.29. The van der Waals surface area contributed by atoms with Crippen LogP contribution >= 0.6 is 23.2 Å². The van der Waals surface area contributed by atoms with E-state index in [1.54, 1.807) is 36.1 Å². The standard InChI is InChI=1S/C21H24Cl2N2O2/c1-14(2)24-21(27)15(3)25(13-17-5-4-6-19(23)11-17)20(26)12-16-7-9-18(22)10-8-16/h4-11,14-15H,12-13H2,1-3H3,(H,24,27)/t15-/m1/s1. The molecular formula is C21H24Cl2N2O2. The van der Waals surface area contributed by atoms with Gasteiger partial charge in [-0.25, -0.2) is 0 Å². The van der Waals surface area contributed by atoms with Crippen molar-refractivity contribution in [2.75, 3.05) is 0 Å². The molecule has 0 aliphatic heterocycles. The monoisotopic (exact) mass is 406 g/mol. The molecule has 27 heavy (non-hydrogen) atoms. The van der Waals surface area contributed by atoms with Crippen LogP contribution in [0.5, 0.6) is 0 Å². The van der Waals surface area contributed by atoms with Crippen molar-refractivity contribution in [2.24, 2.45) is 0 Å². The number of nitrogens with one attached hydrogen (secondary N) is 1. The van der Waals surface area contributed by atoms with E-state index in [0.29, 0.717) is 16.6 Å². The summed E-state index contributed by atoms with van der Waals surface area (Å²) in [6.45, 7) is 5.82. The van der Waals surface area contributed by atoms with Crippen molar-refractivity contribution < 1.29 is 9.59 Å². The molecule has 4 nitrogen and oxygen atoms in total. The predicted octanol–water partition coefficient (Wildman–Crippen LogP) is 4.48. The number of rotatable bonds is 7. The Labute approximate surface area is 170 Å². The first-order valence-electron chi connectivity index (χ1n) is 8.85. The summed E-state index contributed by atoms with van der Waals surface area (Å²) in [5.74, 6) is -0.319. The van der Waals surface area contributed by atoms with E-state index in [9.17, 15) is 9.59 Å². The molecule has 0 bridgehead atoms. The smallest absolute Gasteiger partial charge is 0.242 e. The van der Waals surface area contributed by atoms with Gasteiger partial charge in [-0.05, 0) is 56.2 Å². The molecule has 0 aromatic heterocycles. The molecule has 2 rings (SSSR count). The number of carbonyl (C=O) groups is 2. The van der Waals surface area contributed by atoms with E-state index in [1.807, 2.05) is 38.1 Å². The van der Waals surface area contributed by atoms with E-state index >= 15 is 0 Å². The van der Waals surface area contributed by atoms with E-state index in [0.717, 1.165) is 11.1 Å². The zero-order valence-corrected chi connectivity index (χ0v) is 17.2. The fraction of sp³-hybridized carbons (Fsp3) is 0.333. The third kappa shape index (κ3) is 6.56. The van der Waals surface area contributed by atoms with Gasteiger partial charge in [-0.2, -0.15) is 0 Å². The number of benzene rings is 2. The van der Waals surface area contributed by atoms with Gasteiger partial charge in [0.05, 0.1) is 6.42 Å². The minimum Gasteiger partial charge on any atom is -0.352 e. The highest BCUT2D eigenvalue weighted by Gasteiger charge is 2.26. The van der Waals surface area contributed by atoms with Gasteiger partial charge in [0, 0.05) is 22.6 Å². The third-order valence-electron chi connectivity index (χ3n) is 4.11. The van der Waals surface area contributed by atoms with Gasteiger partial charge in [0.2, 0.25) is 11.8 Å². The second-order valence-electron chi connectivity index (χ2n) is 6.79. The molecule has 2 amide bonds. The molecule has 1 N–H and O–H groups in total. The van der Waals surface area contributed by atoms with Crippen LogP contribution in [-0.2, 0) is 22.6 Å².